The smallest absolute Gasteiger partial charge is 0.311 e. The molecule has 1 atom stereocenters. The van der Waals surface area contributed by atoms with Gasteiger partial charge in [-0.1, -0.05) is 18.2 Å². The molecule has 7 nitrogen and oxygen atoms in total. The highest BCUT2D eigenvalue weighted by molar-refractivity contribution is 5.96. The van der Waals surface area contributed by atoms with E-state index in [4.69, 9.17) is 0 Å². The summed E-state index contributed by atoms with van der Waals surface area (Å²) in [7, 11) is 0. The lowest BCUT2D eigenvalue weighted by atomic mass is 9.82. The maximum absolute atomic E-state index is 12.9. The average molecular weight is 328 g/mol. The number of benzene rings is 1. The summed E-state index contributed by atoms with van der Waals surface area (Å²) in [6, 6.07) is 7.36. The summed E-state index contributed by atoms with van der Waals surface area (Å²) in [6.45, 7) is 2.97. The van der Waals surface area contributed by atoms with Gasteiger partial charge in [0, 0.05) is 18.7 Å². The van der Waals surface area contributed by atoms with E-state index in [1.165, 1.54) is 6.33 Å². The zero-order valence-corrected chi connectivity index (χ0v) is 13.6. The molecule has 2 heterocycles. The monoisotopic (exact) mass is 328 g/mol. The molecule has 126 valence electrons. The number of carboxylic acids is 1. The Balaban J connectivity index is 1.83. The Hall–Kier alpha value is -2.70. The molecule has 0 radical (unpaired) electrons. The van der Waals surface area contributed by atoms with Gasteiger partial charge in [-0.25, -0.2) is 9.67 Å². The lowest BCUT2D eigenvalue weighted by Crippen LogP contribution is -2.48. The van der Waals surface area contributed by atoms with E-state index in [2.05, 4.69) is 10.1 Å². The largest absolute Gasteiger partial charge is 0.481 e. The Kier molecular flexibility index (Phi) is 4.33. The molecule has 1 N–H and O–H groups in total. The number of amides is 1. The third-order valence-electron chi connectivity index (χ3n) is 4.55. The van der Waals surface area contributed by atoms with Gasteiger partial charge in [0.25, 0.3) is 5.91 Å². The second-order valence-corrected chi connectivity index (χ2v) is 6.45. The Morgan fingerprint density at radius 3 is 2.83 bits per heavy atom. The fourth-order valence-corrected chi connectivity index (χ4v) is 3.11. The Morgan fingerprint density at radius 1 is 1.33 bits per heavy atom. The van der Waals surface area contributed by atoms with E-state index in [1.807, 2.05) is 18.2 Å². The number of carboxylic acid groups (broad SMARTS) is 1. The third-order valence-corrected chi connectivity index (χ3v) is 4.55. The number of hydrogen-bond donors (Lipinski definition) is 1. The van der Waals surface area contributed by atoms with Crippen molar-refractivity contribution < 1.29 is 14.7 Å². The van der Waals surface area contributed by atoms with Crippen LogP contribution in [0.15, 0.2) is 36.9 Å². The summed E-state index contributed by atoms with van der Waals surface area (Å²) < 4.78 is 1.66. The molecule has 0 saturated carbocycles. The first-order chi connectivity index (χ1) is 11.5. The molecule has 1 aromatic heterocycles. The molecule has 0 bridgehead atoms. The van der Waals surface area contributed by atoms with Crippen LogP contribution in [0.25, 0.3) is 0 Å². The highest BCUT2D eigenvalue weighted by Crippen LogP contribution is 2.30. The number of likely N-dealkylation sites (tertiary alicyclic amines) is 1. The number of aromatic nitrogens is 3. The first-order valence-electron chi connectivity index (χ1n) is 7.92. The van der Waals surface area contributed by atoms with Crippen LogP contribution in [0, 0.1) is 5.41 Å². The van der Waals surface area contributed by atoms with Crippen molar-refractivity contribution in [3.8, 4) is 0 Å². The van der Waals surface area contributed by atoms with E-state index >= 15 is 0 Å². The quantitative estimate of drug-likeness (QED) is 0.922. The van der Waals surface area contributed by atoms with Crippen LogP contribution >= 0.6 is 0 Å². The van der Waals surface area contributed by atoms with Gasteiger partial charge in [0.2, 0.25) is 0 Å². The van der Waals surface area contributed by atoms with Crippen LogP contribution in [-0.4, -0.2) is 49.7 Å². The highest BCUT2D eigenvalue weighted by atomic mass is 16.4. The molecule has 2 aromatic rings. The van der Waals surface area contributed by atoms with Gasteiger partial charge < -0.3 is 10.0 Å². The van der Waals surface area contributed by atoms with Gasteiger partial charge in [-0.15, -0.1) is 0 Å². The molecule has 1 fully saturated rings. The molecule has 1 aliphatic heterocycles. The van der Waals surface area contributed by atoms with Gasteiger partial charge >= 0.3 is 5.97 Å². The second-order valence-electron chi connectivity index (χ2n) is 6.45. The molecule has 1 aromatic carbocycles. The summed E-state index contributed by atoms with van der Waals surface area (Å²) in [5, 5.41) is 13.5. The van der Waals surface area contributed by atoms with Crippen LogP contribution < -0.4 is 0 Å². The van der Waals surface area contributed by atoms with Crippen LogP contribution in [0.4, 0.5) is 0 Å². The number of rotatable bonds is 4. The van der Waals surface area contributed by atoms with Crippen molar-refractivity contribution in [2.75, 3.05) is 13.1 Å². The molecule has 1 amide bonds. The molecule has 0 spiro atoms. The van der Waals surface area contributed by atoms with Crippen molar-refractivity contribution in [3.63, 3.8) is 0 Å². The van der Waals surface area contributed by atoms with Crippen LogP contribution in [-0.2, 0) is 11.3 Å². The average Bonchev–Trinajstić information content (AvgIpc) is 3.08. The summed E-state index contributed by atoms with van der Waals surface area (Å²) in [5.41, 5.74) is 0.549. The van der Waals surface area contributed by atoms with Crippen LogP contribution in [0.3, 0.4) is 0 Å². The van der Waals surface area contributed by atoms with Crippen molar-refractivity contribution in [1.82, 2.24) is 19.7 Å². The molecular formula is C17H20N4O3. The van der Waals surface area contributed by atoms with Crippen LogP contribution in [0.1, 0.15) is 35.7 Å². The minimum absolute atomic E-state index is 0.127. The standard InChI is InChI=1S/C17H20N4O3/c1-17(16(23)24)7-4-8-20(10-17)15(22)14-6-3-2-5-13(14)9-21-12-18-11-19-21/h2-3,5-6,11-12H,4,7-10H2,1H3,(H,23,24). The fourth-order valence-electron chi connectivity index (χ4n) is 3.11. The molecular weight excluding hydrogens is 308 g/mol. The number of hydrogen-bond acceptors (Lipinski definition) is 4. The fraction of sp³-hybridized carbons (Fsp3) is 0.412. The molecule has 24 heavy (non-hydrogen) atoms. The first kappa shape index (κ1) is 16.2. The normalized spacial score (nSPS) is 20.8. The maximum Gasteiger partial charge on any atom is 0.311 e. The number of piperidine rings is 1. The maximum atomic E-state index is 12.9. The zero-order chi connectivity index (χ0) is 17.2. The lowest BCUT2D eigenvalue weighted by molar-refractivity contribution is -0.150. The van der Waals surface area contributed by atoms with E-state index in [0.29, 0.717) is 31.5 Å². The van der Waals surface area contributed by atoms with Crippen LogP contribution in [0.5, 0.6) is 0 Å². The molecule has 3 rings (SSSR count). The Labute approximate surface area is 139 Å². The highest BCUT2D eigenvalue weighted by Gasteiger charge is 2.39. The predicted octanol–water partition coefficient (Wildman–Crippen LogP) is 1.65. The van der Waals surface area contributed by atoms with Gasteiger partial charge in [0.15, 0.2) is 0 Å². The summed E-state index contributed by atoms with van der Waals surface area (Å²) in [4.78, 5) is 30.0. The van der Waals surface area contributed by atoms with Crippen molar-refractivity contribution in [3.05, 3.63) is 48.0 Å². The molecule has 1 aliphatic rings. The Morgan fingerprint density at radius 2 is 2.12 bits per heavy atom. The first-order valence-corrected chi connectivity index (χ1v) is 7.92. The van der Waals surface area contributed by atoms with Gasteiger partial charge in [-0.2, -0.15) is 5.10 Å². The SMILES string of the molecule is CC1(C(=O)O)CCCN(C(=O)c2ccccc2Cn2cncn2)C1. The predicted molar refractivity (Wildman–Crippen MR) is 86.4 cm³/mol. The van der Waals surface area contributed by atoms with Gasteiger partial charge in [-0.05, 0) is 31.4 Å². The minimum Gasteiger partial charge on any atom is -0.481 e. The molecule has 0 aliphatic carbocycles. The summed E-state index contributed by atoms with van der Waals surface area (Å²) in [6.07, 6.45) is 4.34. The minimum atomic E-state index is -0.880. The second kappa shape index (κ2) is 6.43. The number of carbonyl (C=O) groups is 2. The lowest BCUT2D eigenvalue weighted by Gasteiger charge is -2.37. The van der Waals surface area contributed by atoms with Crippen LogP contribution in [0.2, 0.25) is 0 Å². The number of carbonyl (C=O) groups excluding carboxylic acids is 1. The van der Waals surface area contributed by atoms with Crippen molar-refractivity contribution in [2.24, 2.45) is 5.41 Å². The van der Waals surface area contributed by atoms with Crippen molar-refractivity contribution in [1.29, 1.82) is 0 Å². The van der Waals surface area contributed by atoms with Gasteiger partial charge in [-0.3, -0.25) is 9.59 Å². The van der Waals surface area contributed by atoms with E-state index in [0.717, 1.165) is 5.56 Å². The van der Waals surface area contributed by atoms with Crippen molar-refractivity contribution in [2.45, 2.75) is 26.3 Å². The number of nitrogens with zero attached hydrogens (tertiary/aromatic N) is 4. The molecule has 7 heteroatoms. The van der Waals surface area contributed by atoms with E-state index < -0.39 is 11.4 Å². The molecule has 1 saturated heterocycles. The van der Waals surface area contributed by atoms with Gasteiger partial charge in [0.1, 0.15) is 12.7 Å². The van der Waals surface area contributed by atoms with E-state index in [1.54, 1.807) is 28.9 Å². The van der Waals surface area contributed by atoms with E-state index in [-0.39, 0.29) is 12.5 Å². The van der Waals surface area contributed by atoms with E-state index in [9.17, 15) is 14.7 Å². The topological polar surface area (TPSA) is 88.3 Å². The summed E-state index contributed by atoms with van der Waals surface area (Å²) in [5.74, 6) is -0.978. The molecule has 1 unspecified atom stereocenters. The Bertz CT molecular complexity index is 744. The summed E-state index contributed by atoms with van der Waals surface area (Å²) >= 11 is 0. The van der Waals surface area contributed by atoms with Crippen molar-refractivity contribution >= 4 is 11.9 Å². The zero-order valence-electron chi connectivity index (χ0n) is 13.6. The third kappa shape index (κ3) is 3.15. The number of aliphatic carboxylic acids is 1. The van der Waals surface area contributed by atoms with Gasteiger partial charge in [0.05, 0.1) is 12.0 Å².